The van der Waals surface area contributed by atoms with E-state index in [1.54, 1.807) is 0 Å². The number of hydrogen-bond acceptors (Lipinski definition) is 10. The van der Waals surface area contributed by atoms with E-state index in [-0.39, 0.29) is 0 Å². The summed E-state index contributed by atoms with van der Waals surface area (Å²) >= 11 is 0. The minimum absolute atomic E-state index is 0.605. The van der Waals surface area contributed by atoms with Crippen LogP contribution in [0.25, 0.3) is 199 Å². The summed E-state index contributed by atoms with van der Waals surface area (Å²) in [6.45, 7) is 0. The van der Waals surface area contributed by atoms with Gasteiger partial charge in [0.15, 0.2) is 11.6 Å². The Kier molecular flexibility index (Phi) is 10.8. The van der Waals surface area contributed by atoms with E-state index in [9.17, 15) is 0 Å². The molecule has 20 aromatic rings. The van der Waals surface area contributed by atoms with E-state index in [0.717, 1.165) is 182 Å². The lowest BCUT2D eigenvalue weighted by atomic mass is 9.97. The Hall–Kier alpha value is -12.4. The third-order valence-electron chi connectivity index (χ3n) is 17.4. The maximum atomic E-state index is 6.73. The zero-order chi connectivity index (χ0) is 59.0. The molecule has 0 saturated heterocycles. The van der Waals surface area contributed by atoms with Crippen molar-refractivity contribution in [3.63, 3.8) is 0 Å². The van der Waals surface area contributed by atoms with Crippen LogP contribution in [0.2, 0.25) is 0 Å². The average Bonchev–Trinajstić information content (AvgIpc) is 1.64. The molecular weight excluding hydrogens is 1110 g/mol. The number of fused-ring (bicyclic) bond motifs is 22. The second-order valence-corrected chi connectivity index (χ2v) is 22.6. The lowest BCUT2D eigenvalue weighted by Gasteiger charge is -2.10. The average molecular weight is 1160 g/mol. The van der Waals surface area contributed by atoms with Crippen molar-refractivity contribution in [1.82, 2.24) is 19.9 Å². The molecule has 0 fully saturated rings. The van der Waals surface area contributed by atoms with Gasteiger partial charge < -0.3 is 26.5 Å². The van der Waals surface area contributed by atoms with Crippen LogP contribution < -0.4 is 0 Å². The molecule has 0 atom stereocenters. The fraction of sp³-hybridized carbons (Fsp3) is 0. The van der Waals surface area contributed by atoms with Gasteiger partial charge in [0.05, 0.1) is 33.5 Å². The summed E-state index contributed by atoms with van der Waals surface area (Å²) in [4.78, 5) is 20.5. The maximum absolute atomic E-state index is 6.73. The highest BCUT2D eigenvalue weighted by Crippen LogP contribution is 2.50. The Morgan fingerprint density at radius 1 is 0.189 bits per heavy atom. The van der Waals surface area contributed by atoms with Gasteiger partial charge in [0.25, 0.3) is 0 Å². The molecule has 0 aliphatic carbocycles. The Labute approximate surface area is 510 Å². The molecule has 12 aromatic carbocycles. The van der Waals surface area contributed by atoms with E-state index in [4.69, 9.17) is 46.4 Å². The first-order valence-electron chi connectivity index (χ1n) is 29.8. The first-order chi connectivity index (χ1) is 44.6. The topological polar surface area (TPSA) is 130 Å². The molecule has 10 nitrogen and oxygen atoms in total. The van der Waals surface area contributed by atoms with Gasteiger partial charge in [-0.1, -0.05) is 194 Å². The molecule has 20 rings (SSSR count). The second kappa shape index (κ2) is 19.6. The van der Waals surface area contributed by atoms with Gasteiger partial charge >= 0.3 is 0 Å². The van der Waals surface area contributed by atoms with Crippen LogP contribution in [0.3, 0.4) is 0 Å². The fourth-order valence-electron chi connectivity index (χ4n) is 13.4. The summed E-state index contributed by atoms with van der Waals surface area (Å²) in [6.07, 6.45) is 0. The Bertz CT molecular complexity index is 5780. The van der Waals surface area contributed by atoms with Crippen molar-refractivity contribution in [2.24, 2.45) is 0 Å². The number of rotatable bonds is 6. The smallest absolute Gasteiger partial charge is 0.161 e. The molecular formula is C80H44N4O6. The Morgan fingerprint density at radius 2 is 0.500 bits per heavy atom. The zero-order valence-electron chi connectivity index (χ0n) is 47.6. The van der Waals surface area contributed by atoms with Crippen molar-refractivity contribution >= 4 is 132 Å². The summed E-state index contributed by atoms with van der Waals surface area (Å²) in [7, 11) is 0. The van der Waals surface area contributed by atoms with Crippen molar-refractivity contribution in [2.75, 3.05) is 0 Å². The Morgan fingerprint density at radius 3 is 0.944 bits per heavy atom. The molecule has 0 aliphatic heterocycles. The van der Waals surface area contributed by atoms with Gasteiger partial charge in [0, 0.05) is 87.2 Å². The molecule has 0 radical (unpaired) electrons. The maximum Gasteiger partial charge on any atom is 0.161 e. The number of para-hydroxylation sites is 4. The van der Waals surface area contributed by atoms with Gasteiger partial charge in [-0.25, -0.2) is 19.9 Å². The van der Waals surface area contributed by atoms with Gasteiger partial charge in [-0.3, -0.25) is 0 Å². The number of furan rings is 6. The normalized spacial score (nSPS) is 12.0. The molecule has 90 heavy (non-hydrogen) atoms. The van der Waals surface area contributed by atoms with E-state index in [1.807, 2.05) is 182 Å². The second-order valence-electron chi connectivity index (χ2n) is 22.6. The highest BCUT2D eigenvalue weighted by Gasteiger charge is 2.28. The first-order valence-corrected chi connectivity index (χ1v) is 29.8. The number of nitrogens with zero attached hydrogens (tertiary/aromatic N) is 4. The third-order valence-corrected chi connectivity index (χ3v) is 17.4. The van der Waals surface area contributed by atoms with Crippen LogP contribution in [0.5, 0.6) is 0 Å². The SMILES string of the molecule is c1ccc(-c2cc(-c3cc4oc5ccc6oc7ccccc7c6c5c4c4oc5ccccc5c34)nc(-c3ccccc3)n2)cc1.c1ccc(-c2cc(-c3ccccc3)nc(-c3cc4oc5ccc6oc7ccccc7c6c5c4c4oc5ccccc5c34)n2)cc1. The molecule has 0 spiro atoms. The van der Waals surface area contributed by atoms with E-state index in [1.165, 1.54) is 0 Å². The van der Waals surface area contributed by atoms with Crippen LogP contribution in [0.15, 0.2) is 293 Å². The van der Waals surface area contributed by atoms with Crippen molar-refractivity contribution in [3.05, 3.63) is 267 Å². The van der Waals surface area contributed by atoms with Crippen molar-refractivity contribution < 1.29 is 26.5 Å². The zero-order valence-corrected chi connectivity index (χ0v) is 47.6. The number of benzene rings is 12. The predicted octanol–water partition coefficient (Wildman–Crippen LogP) is 22.4. The molecule has 0 saturated carbocycles. The molecule has 0 N–H and O–H groups in total. The largest absolute Gasteiger partial charge is 0.456 e. The van der Waals surface area contributed by atoms with E-state index < -0.39 is 0 Å². The van der Waals surface area contributed by atoms with Crippen LogP contribution >= 0.6 is 0 Å². The van der Waals surface area contributed by atoms with Crippen LogP contribution in [-0.2, 0) is 0 Å². The lowest BCUT2D eigenvalue weighted by molar-refractivity contribution is 0.660. The first kappa shape index (κ1) is 49.8. The standard InChI is InChI=1S/2C40H22N2O3/c1-3-11-23(12-4-1)28-22-29(42-40(41-28)24-13-5-2-6-14-24)27-21-34-38(39-35(27)25-15-7-10-18-31(25)45-39)37-33(44-34)20-19-32-36(37)26-16-8-9-17-30(26)43-32;1-3-11-23(12-4-1)28-22-29(24-13-5-2-6-14-24)42-40(41-28)27-21-34-38(39-35(27)25-15-7-10-18-31(25)45-39)37-33(44-34)20-19-32-36(37)26-16-8-9-17-30(26)43-32/h2*1-22H. The summed E-state index contributed by atoms with van der Waals surface area (Å²) < 4.78 is 39.2. The molecule has 420 valence electrons. The van der Waals surface area contributed by atoms with Gasteiger partial charge in [0.1, 0.15) is 67.0 Å². The van der Waals surface area contributed by atoms with E-state index in [2.05, 4.69) is 84.9 Å². The van der Waals surface area contributed by atoms with Crippen molar-refractivity contribution in [3.8, 4) is 67.8 Å². The predicted molar refractivity (Wildman–Crippen MR) is 360 cm³/mol. The van der Waals surface area contributed by atoms with Gasteiger partial charge in [0.2, 0.25) is 0 Å². The summed E-state index contributed by atoms with van der Waals surface area (Å²) in [5.41, 5.74) is 18.5. The molecule has 0 unspecified atom stereocenters. The van der Waals surface area contributed by atoms with Crippen LogP contribution in [0.1, 0.15) is 0 Å². The van der Waals surface area contributed by atoms with Crippen LogP contribution in [0.4, 0.5) is 0 Å². The molecule has 0 bridgehead atoms. The molecule has 0 amide bonds. The van der Waals surface area contributed by atoms with Gasteiger partial charge in [-0.2, -0.15) is 0 Å². The molecule has 0 aliphatic rings. The summed E-state index contributed by atoms with van der Waals surface area (Å²) in [5, 5.41) is 11.9. The number of aromatic nitrogens is 4. The van der Waals surface area contributed by atoms with Gasteiger partial charge in [-0.15, -0.1) is 0 Å². The fourth-order valence-corrected chi connectivity index (χ4v) is 13.4. The van der Waals surface area contributed by atoms with Crippen molar-refractivity contribution in [2.45, 2.75) is 0 Å². The highest BCUT2D eigenvalue weighted by molar-refractivity contribution is 6.35. The molecule has 10 heteroatoms. The number of hydrogen-bond donors (Lipinski definition) is 0. The molecule has 8 aromatic heterocycles. The molecule has 8 heterocycles. The van der Waals surface area contributed by atoms with Crippen LogP contribution in [-0.4, -0.2) is 19.9 Å². The minimum atomic E-state index is 0.605. The van der Waals surface area contributed by atoms with E-state index >= 15 is 0 Å². The lowest BCUT2D eigenvalue weighted by Crippen LogP contribution is -1.96. The van der Waals surface area contributed by atoms with Gasteiger partial charge in [-0.05, 0) is 72.8 Å². The summed E-state index contributed by atoms with van der Waals surface area (Å²) in [6, 6.07) is 89.6. The third kappa shape index (κ3) is 7.71. The Balaban J connectivity index is 0.000000130. The monoisotopic (exact) mass is 1160 g/mol. The summed E-state index contributed by atoms with van der Waals surface area (Å²) in [5.74, 6) is 1.26. The highest BCUT2D eigenvalue weighted by atomic mass is 16.4. The van der Waals surface area contributed by atoms with Crippen LogP contribution in [0, 0.1) is 0 Å². The van der Waals surface area contributed by atoms with E-state index in [0.29, 0.717) is 17.2 Å². The quantitative estimate of drug-likeness (QED) is 0.159. The van der Waals surface area contributed by atoms with Crippen molar-refractivity contribution in [1.29, 1.82) is 0 Å². The minimum Gasteiger partial charge on any atom is -0.456 e.